The second-order valence-electron chi connectivity index (χ2n) is 5.35. The highest BCUT2D eigenvalue weighted by Gasteiger charge is 2.10. The monoisotopic (exact) mass is 375 g/mol. The maximum atomic E-state index is 12.3. The van der Waals surface area contributed by atoms with E-state index in [4.69, 9.17) is 0 Å². The number of pyridine rings is 1. The number of amides is 1. The molecule has 0 aliphatic heterocycles. The molecule has 0 saturated carbocycles. The first kappa shape index (κ1) is 17.5. The van der Waals surface area contributed by atoms with Crippen LogP contribution in [0.5, 0.6) is 0 Å². The molecule has 0 spiro atoms. The van der Waals surface area contributed by atoms with Gasteiger partial charge in [-0.15, -0.1) is 0 Å². The van der Waals surface area contributed by atoms with Gasteiger partial charge < -0.3 is 10.2 Å². The number of carbonyl (C=O) groups is 1. The van der Waals surface area contributed by atoms with Crippen molar-refractivity contribution >= 4 is 33.2 Å². The standard InChI is InChI=1S/C18H22BrN3O/c1-3-10-22(11-4-2)16-8-9-17(20-13-16)18(23)21-15-7-5-6-14(19)12-15/h5-9,12-13H,3-4,10-11H2,1-2H3,(H,21,23). The largest absolute Gasteiger partial charge is 0.370 e. The highest BCUT2D eigenvalue weighted by molar-refractivity contribution is 9.10. The van der Waals surface area contributed by atoms with E-state index >= 15 is 0 Å². The molecule has 1 aromatic heterocycles. The minimum absolute atomic E-state index is 0.202. The lowest BCUT2D eigenvalue weighted by atomic mass is 10.2. The average molecular weight is 376 g/mol. The zero-order chi connectivity index (χ0) is 16.7. The van der Waals surface area contributed by atoms with Gasteiger partial charge in [-0.2, -0.15) is 0 Å². The molecule has 0 unspecified atom stereocenters. The summed E-state index contributed by atoms with van der Waals surface area (Å²) in [5.41, 5.74) is 2.23. The fraction of sp³-hybridized carbons (Fsp3) is 0.333. The van der Waals surface area contributed by atoms with Gasteiger partial charge in [0.25, 0.3) is 5.91 Å². The summed E-state index contributed by atoms with van der Waals surface area (Å²) in [6.07, 6.45) is 3.96. The summed E-state index contributed by atoms with van der Waals surface area (Å²) in [5, 5.41) is 2.85. The maximum Gasteiger partial charge on any atom is 0.274 e. The number of rotatable bonds is 7. The molecule has 0 fully saturated rings. The second kappa shape index (κ2) is 8.67. The van der Waals surface area contributed by atoms with Crippen molar-refractivity contribution in [2.75, 3.05) is 23.3 Å². The molecular weight excluding hydrogens is 354 g/mol. The van der Waals surface area contributed by atoms with Crippen LogP contribution in [0.15, 0.2) is 47.1 Å². The van der Waals surface area contributed by atoms with Crippen LogP contribution in [-0.2, 0) is 0 Å². The van der Waals surface area contributed by atoms with Crippen LogP contribution in [0.4, 0.5) is 11.4 Å². The molecule has 1 amide bonds. The van der Waals surface area contributed by atoms with E-state index in [0.29, 0.717) is 5.69 Å². The van der Waals surface area contributed by atoms with Crippen LogP contribution >= 0.6 is 15.9 Å². The molecule has 4 nitrogen and oxygen atoms in total. The molecule has 1 N–H and O–H groups in total. The lowest BCUT2D eigenvalue weighted by Crippen LogP contribution is -2.25. The van der Waals surface area contributed by atoms with Crippen molar-refractivity contribution in [3.8, 4) is 0 Å². The summed E-state index contributed by atoms with van der Waals surface area (Å²) in [4.78, 5) is 18.9. The van der Waals surface area contributed by atoms with Crippen molar-refractivity contribution in [2.24, 2.45) is 0 Å². The van der Waals surface area contributed by atoms with E-state index in [2.05, 4.69) is 45.0 Å². The van der Waals surface area contributed by atoms with Crippen LogP contribution < -0.4 is 10.2 Å². The first-order valence-electron chi connectivity index (χ1n) is 7.92. The number of hydrogen-bond donors (Lipinski definition) is 1. The van der Waals surface area contributed by atoms with Gasteiger partial charge in [0.05, 0.1) is 11.9 Å². The summed E-state index contributed by atoms with van der Waals surface area (Å²) in [7, 11) is 0. The number of aromatic nitrogens is 1. The van der Waals surface area contributed by atoms with Crippen molar-refractivity contribution in [3.05, 3.63) is 52.8 Å². The highest BCUT2D eigenvalue weighted by atomic mass is 79.9. The summed E-state index contributed by atoms with van der Waals surface area (Å²) >= 11 is 3.39. The van der Waals surface area contributed by atoms with Gasteiger partial charge in [-0.25, -0.2) is 4.98 Å². The number of nitrogens with one attached hydrogen (secondary N) is 1. The summed E-state index contributed by atoms with van der Waals surface area (Å²) in [5.74, 6) is -0.202. The number of benzene rings is 1. The van der Waals surface area contributed by atoms with E-state index < -0.39 is 0 Å². The zero-order valence-corrected chi connectivity index (χ0v) is 15.1. The molecule has 0 radical (unpaired) electrons. The van der Waals surface area contributed by atoms with E-state index in [9.17, 15) is 4.79 Å². The molecule has 23 heavy (non-hydrogen) atoms. The van der Waals surface area contributed by atoms with Gasteiger partial charge in [-0.3, -0.25) is 4.79 Å². The molecule has 1 heterocycles. The molecular formula is C18H22BrN3O. The molecule has 1 aromatic carbocycles. The van der Waals surface area contributed by atoms with Gasteiger partial charge >= 0.3 is 0 Å². The predicted molar refractivity (Wildman–Crippen MR) is 99.1 cm³/mol. The SMILES string of the molecule is CCCN(CCC)c1ccc(C(=O)Nc2cccc(Br)c2)nc1. The first-order chi connectivity index (χ1) is 11.1. The van der Waals surface area contributed by atoms with Crippen molar-refractivity contribution in [1.29, 1.82) is 0 Å². The summed E-state index contributed by atoms with van der Waals surface area (Å²) < 4.78 is 0.924. The summed E-state index contributed by atoms with van der Waals surface area (Å²) in [6.45, 7) is 6.32. The molecule has 5 heteroatoms. The Balaban J connectivity index is 2.07. The van der Waals surface area contributed by atoms with Gasteiger partial charge in [0.15, 0.2) is 0 Å². The molecule has 2 aromatic rings. The smallest absolute Gasteiger partial charge is 0.274 e. The van der Waals surface area contributed by atoms with E-state index in [-0.39, 0.29) is 5.91 Å². The Morgan fingerprint density at radius 1 is 1.17 bits per heavy atom. The number of anilines is 2. The minimum atomic E-state index is -0.202. The second-order valence-corrected chi connectivity index (χ2v) is 6.27. The quantitative estimate of drug-likeness (QED) is 0.760. The molecule has 2 rings (SSSR count). The van der Waals surface area contributed by atoms with E-state index in [1.807, 2.05) is 30.3 Å². The molecule has 0 aliphatic carbocycles. The Bertz CT molecular complexity index is 637. The normalized spacial score (nSPS) is 10.4. The molecule has 0 bridgehead atoms. The van der Waals surface area contributed by atoms with Crippen molar-refractivity contribution in [2.45, 2.75) is 26.7 Å². The van der Waals surface area contributed by atoms with Gasteiger partial charge in [0.1, 0.15) is 5.69 Å². The molecule has 122 valence electrons. The van der Waals surface area contributed by atoms with Crippen LogP contribution in [0.1, 0.15) is 37.2 Å². The van der Waals surface area contributed by atoms with Gasteiger partial charge in [-0.05, 0) is 43.2 Å². The Morgan fingerprint density at radius 3 is 2.48 bits per heavy atom. The average Bonchev–Trinajstić information content (AvgIpc) is 2.55. The van der Waals surface area contributed by atoms with Gasteiger partial charge in [-0.1, -0.05) is 35.8 Å². The molecule has 0 saturated heterocycles. The van der Waals surface area contributed by atoms with Crippen LogP contribution in [0.3, 0.4) is 0 Å². The third-order valence-electron chi connectivity index (χ3n) is 3.42. The van der Waals surface area contributed by atoms with Crippen LogP contribution in [0.25, 0.3) is 0 Å². The third-order valence-corrected chi connectivity index (χ3v) is 3.91. The van der Waals surface area contributed by atoms with Gasteiger partial charge in [0.2, 0.25) is 0 Å². The van der Waals surface area contributed by atoms with Crippen LogP contribution in [0.2, 0.25) is 0 Å². The lowest BCUT2D eigenvalue weighted by Gasteiger charge is -2.23. The highest BCUT2D eigenvalue weighted by Crippen LogP contribution is 2.17. The maximum absolute atomic E-state index is 12.3. The number of hydrogen-bond acceptors (Lipinski definition) is 3. The van der Waals surface area contributed by atoms with Gasteiger partial charge in [0, 0.05) is 23.2 Å². The Labute approximate surface area is 146 Å². The van der Waals surface area contributed by atoms with Crippen LogP contribution in [0, 0.1) is 0 Å². The Kier molecular flexibility index (Phi) is 6.59. The number of carbonyl (C=O) groups excluding carboxylic acids is 1. The Hall–Kier alpha value is -1.88. The Morgan fingerprint density at radius 2 is 1.91 bits per heavy atom. The lowest BCUT2D eigenvalue weighted by molar-refractivity contribution is 0.102. The van der Waals surface area contributed by atoms with E-state index in [1.165, 1.54) is 0 Å². The fourth-order valence-electron chi connectivity index (χ4n) is 2.38. The van der Waals surface area contributed by atoms with E-state index in [0.717, 1.165) is 41.8 Å². The summed E-state index contributed by atoms with van der Waals surface area (Å²) in [6, 6.07) is 11.2. The number of nitrogens with zero attached hydrogens (tertiary/aromatic N) is 2. The van der Waals surface area contributed by atoms with Crippen molar-refractivity contribution in [3.63, 3.8) is 0 Å². The van der Waals surface area contributed by atoms with Crippen molar-refractivity contribution < 1.29 is 4.79 Å². The predicted octanol–water partition coefficient (Wildman–Crippen LogP) is 4.72. The fourth-order valence-corrected chi connectivity index (χ4v) is 2.78. The third kappa shape index (κ3) is 5.06. The first-order valence-corrected chi connectivity index (χ1v) is 8.71. The topological polar surface area (TPSA) is 45.2 Å². The molecule has 0 aliphatic rings. The van der Waals surface area contributed by atoms with Crippen LogP contribution in [-0.4, -0.2) is 24.0 Å². The zero-order valence-electron chi connectivity index (χ0n) is 13.6. The molecule has 0 atom stereocenters. The van der Waals surface area contributed by atoms with Crippen molar-refractivity contribution in [1.82, 2.24) is 4.98 Å². The van der Waals surface area contributed by atoms with E-state index in [1.54, 1.807) is 12.3 Å². The minimum Gasteiger partial charge on any atom is -0.370 e. The number of halogens is 1.